The number of amides is 1. The lowest BCUT2D eigenvalue weighted by Gasteiger charge is -2.10. The maximum atomic E-state index is 12.1. The maximum absolute atomic E-state index is 12.1. The third kappa shape index (κ3) is 3.07. The molecule has 3 rings (SSSR count). The molecule has 0 aliphatic heterocycles. The first-order valence-corrected chi connectivity index (χ1v) is 7.27. The Morgan fingerprint density at radius 2 is 2.00 bits per heavy atom. The lowest BCUT2D eigenvalue weighted by atomic mass is 10.1. The molecule has 0 spiro atoms. The molecule has 0 radical (unpaired) electrons. The minimum Gasteiger partial charge on any atom is -0.497 e. The smallest absolute Gasteiger partial charge is 0.269 e. The molecule has 0 unspecified atom stereocenters. The maximum Gasteiger partial charge on any atom is 0.269 e. The molecule has 0 bridgehead atoms. The van der Waals surface area contributed by atoms with Crippen LogP contribution >= 0.6 is 0 Å². The van der Waals surface area contributed by atoms with Gasteiger partial charge < -0.3 is 10.1 Å². The van der Waals surface area contributed by atoms with Crippen LogP contribution in [-0.4, -0.2) is 29.3 Å². The summed E-state index contributed by atoms with van der Waals surface area (Å²) < 4.78 is 5.13. The number of carbonyl (C=O) groups excluding carboxylic acids is 1. The molecule has 1 aliphatic rings. The van der Waals surface area contributed by atoms with Gasteiger partial charge in [0.25, 0.3) is 5.91 Å². The van der Waals surface area contributed by atoms with Crippen LogP contribution in [0.5, 0.6) is 5.75 Å². The average molecular weight is 285 g/mol. The zero-order valence-electron chi connectivity index (χ0n) is 12.1. The number of H-pyrrole nitrogens is 1. The predicted octanol–water partition coefficient (Wildman–Crippen LogP) is 2.76. The van der Waals surface area contributed by atoms with Gasteiger partial charge in [0, 0.05) is 11.6 Å². The third-order valence-electron chi connectivity index (χ3n) is 3.90. The number of benzene rings is 1. The fraction of sp³-hybridized carbons (Fsp3) is 0.375. The summed E-state index contributed by atoms with van der Waals surface area (Å²) in [7, 11) is 1.63. The van der Waals surface area contributed by atoms with Crippen molar-refractivity contribution in [1.29, 1.82) is 0 Å². The number of rotatable bonds is 4. The number of aromatic amines is 1. The van der Waals surface area contributed by atoms with Crippen molar-refractivity contribution in [2.75, 3.05) is 7.11 Å². The van der Waals surface area contributed by atoms with Gasteiger partial charge in [-0.25, -0.2) is 0 Å². The zero-order chi connectivity index (χ0) is 14.7. The number of hydrogen-bond acceptors (Lipinski definition) is 3. The number of nitrogens with one attached hydrogen (secondary N) is 2. The van der Waals surface area contributed by atoms with Crippen molar-refractivity contribution < 1.29 is 9.53 Å². The van der Waals surface area contributed by atoms with Crippen molar-refractivity contribution in [2.24, 2.45) is 0 Å². The average Bonchev–Trinajstić information content (AvgIpc) is 3.18. The Morgan fingerprint density at radius 3 is 2.67 bits per heavy atom. The molecule has 21 heavy (non-hydrogen) atoms. The first-order chi connectivity index (χ1) is 10.3. The van der Waals surface area contributed by atoms with Gasteiger partial charge in [0.15, 0.2) is 0 Å². The highest BCUT2D eigenvalue weighted by atomic mass is 16.5. The number of carbonyl (C=O) groups is 1. The molecule has 1 aromatic heterocycles. The zero-order valence-corrected chi connectivity index (χ0v) is 12.1. The van der Waals surface area contributed by atoms with Crippen molar-refractivity contribution >= 4 is 5.91 Å². The second kappa shape index (κ2) is 5.99. The molecule has 5 heteroatoms. The van der Waals surface area contributed by atoms with Crippen molar-refractivity contribution in [2.45, 2.75) is 31.7 Å². The first-order valence-electron chi connectivity index (χ1n) is 7.27. The molecular weight excluding hydrogens is 266 g/mol. The van der Waals surface area contributed by atoms with E-state index in [4.69, 9.17) is 4.74 Å². The van der Waals surface area contributed by atoms with Crippen LogP contribution in [-0.2, 0) is 0 Å². The highest BCUT2D eigenvalue weighted by Gasteiger charge is 2.19. The Morgan fingerprint density at radius 1 is 1.29 bits per heavy atom. The van der Waals surface area contributed by atoms with Gasteiger partial charge in [-0.2, -0.15) is 5.10 Å². The van der Waals surface area contributed by atoms with Crippen molar-refractivity contribution in [3.05, 3.63) is 36.0 Å². The van der Waals surface area contributed by atoms with E-state index < -0.39 is 0 Å². The Labute approximate surface area is 123 Å². The lowest BCUT2D eigenvalue weighted by molar-refractivity contribution is 0.0933. The second-order valence-corrected chi connectivity index (χ2v) is 5.35. The summed E-state index contributed by atoms with van der Waals surface area (Å²) in [5.74, 6) is 0.725. The number of aromatic nitrogens is 2. The highest BCUT2D eigenvalue weighted by Crippen LogP contribution is 2.22. The number of ether oxygens (including phenoxy) is 1. The van der Waals surface area contributed by atoms with Crippen LogP contribution in [0, 0.1) is 0 Å². The second-order valence-electron chi connectivity index (χ2n) is 5.35. The summed E-state index contributed by atoms with van der Waals surface area (Å²) >= 11 is 0. The van der Waals surface area contributed by atoms with Crippen LogP contribution < -0.4 is 10.1 Å². The van der Waals surface area contributed by atoms with Crippen LogP contribution in [0.25, 0.3) is 11.3 Å². The van der Waals surface area contributed by atoms with Crippen LogP contribution in [0.3, 0.4) is 0 Å². The summed E-state index contributed by atoms with van der Waals surface area (Å²) in [4.78, 5) is 12.1. The van der Waals surface area contributed by atoms with E-state index in [1.165, 1.54) is 12.8 Å². The van der Waals surface area contributed by atoms with Crippen LogP contribution in [0.4, 0.5) is 0 Å². The molecule has 1 fully saturated rings. The van der Waals surface area contributed by atoms with Crippen molar-refractivity contribution in [1.82, 2.24) is 15.5 Å². The Bertz CT molecular complexity index is 613. The Kier molecular flexibility index (Phi) is 3.90. The standard InChI is InChI=1S/C16H19N3O2/c1-21-13-8-6-11(7-9-13)14-10-15(19-18-14)16(20)17-12-4-2-3-5-12/h6-10,12H,2-5H2,1H3,(H,17,20)(H,18,19). The van der Waals surface area contributed by atoms with E-state index >= 15 is 0 Å². The van der Waals surface area contributed by atoms with E-state index in [9.17, 15) is 4.79 Å². The highest BCUT2D eigenvalue weighted by molar-refractivity contribution is 5.93. The molecule has 0 atom stereocenters. The van der Waals surface area contributed by atoms with E-state index in [0.717, 1.165) is 29.8 Å². The molecule has 1 aromatic carbocycles. The van der Waals surface area contributed by atoms with E-state index in [2.05, 4.69) is 15.5 Å². The summed E-state index contributed by atoms with van der Waals surface area (Å²) in [6.07, 6.45) is 4.55. The van der Waals surface area contributed by atoms with Gasteiger partial charge in [-0.1, -0.05) is 12.8 Å². The van der Waals surface area contributed by atoms with Crippen LogP contribution in [0.2, 0.25) is 0 Å². The molecule has 110 valence electrons. The van der Waals surface area contributed by atoms with Crippen LogP contribution in [0.15, 0.2) is 30.3 Å². The molecule has 2 N–H and O–H groups in total. The fourth-order valence-corrected chi connectivity index (χ4v) is 2.68. The van der Waals surface area contributed by atoms with Gasteiger partial charge in [0.05, 0.1) is 12.8 Å². The summed E-state index contributed by atoms with van der Waals surface area (Å²) in [6.45, 7) is 0. The summed E-state index contributed by atoms with van der Waals surface area (Å²) in [5.41, 5.74) is 2.22. The quantitative estimate of drug-likeness (QED) is 0.907. The predicted molar refractivity (Wildman–Crippen MR) is 80.3 cm³/mol. The van der Waals surface area contributed by atoms with E-state index in [1.54, 1.807) is 13.2 Å². The number of hydrogen-bond donors (Lipinski definition) is 2. The topological polar surface area (TPSA) is 67.0 Å². The fourth-order valence-electron chi connectivity index (χ4n) is 2.68. The molecular formula is C16H19N3O2. The minimum absolute atomic E-state index is 0.0749. The van der Waals surface area contributed by atoms with Crippen molar-refractivity contribution in [3.63, 3.8) is 0 Å². The monoisotopic (exact) mass is 285 g/mol. The molecule has 1 amide bonds. The first kappa shape index (κ1) is 13.7. The van der Waals surface area contributed by atoms with Gasteiger partial charge >= 0.3 is 0 Å². The lowest BCUT2D eigenvalue weighted by Crippen LogP contribution is -2.32. The third-order valence-corrected chi connectivity index (χ3v) is 3.90. The largest absolute Gasteiger partial charge is 0.497 e. The van der Waals surface area contributed by atoms with Crippen molar-refractivity contribution in [3.8, 4) is 17.0 Å². The molecule has 1 heterocycles. The van der Waals surface area contributed by atoms with Gasteiger partial charge in [-0.3, -0.25) is 9.89 Å². The Hall–Kier alpha value is -2.30. The molecule has 1 aliphatic carbocycles. The molecule has 2 aromatic rings. The normalized spacial score (nSPS) is 15.1. The minimum atomic E-state index is -0.0749. The van der Waals surface area contributed by atoms with E-state index in [-0.39, 0.29) is 5.91 Å². The van der Waals surface area contributed by atoms with Gasteiger partial charge in [-0.15, -0.1) is 0 Å². The molecule has 0 saturated heterocycles. The molecule has 5 nitrogen and oxygen atoms in total. The summed E-state index contributed by atoms with van der Waals surface area (Å²) in [6, 6.07) is 9.70. The van der Waals surface area contributed by atoms with Gasteiger partial charge in [0.2, 0.25) is 0 Å². The summed E-state index contributed by atoms with van der Waals surface area (Å²) in [5, 5.41) is 10.1. The number of nitrogens with zero attached hydrogens (tertiary/aromatic N) is 1. The van der Waals surface area contributed by atoms with Gasteiger partial charge in [-0.05, 0) is 43.2 Å². The number of methoxy groups -OCH3 is 1. The van der Waals surface area contributed by atoms with E-state index in [1.807, 2.05) is 24.3 Å². The van der Waals surface area contributed by atoms with E-state index in [0.29, 0.717) is 11.7 Å². The van der Waals surface area contributed by atoms with Gasteiger partial charge in [0.1, 0.15) is 11.4 Å². The SMILES string of the molecule is COc1ccc(-c2cc(C(=O)NC3CCCC3)[nH]n2)cc1. The van der Waals surface area contributed by atoms with Crippen LogP contribution in [0.1, 0.15) is 36.2 Å². The Balaban J connectivity index is 1.71. The molecule has 1 saturated carbocycles.